The Kier molecular flexibility index (Phi) is 2.68. The van der Waals surface area contributed by atoms with Crippen LogP contribution >= 0.6 is 12.2 Å². The number of hydrogen-bond donors (Lipinski definition) is 1. The van der Waals surface area contributed by atoms with Crippen LogP contribution in [0.25, 0.3) is 17.2 Å². The Labute approximate surface area is 114 Å². The van der Waals surface area contributed by atoms with Crippen LogP contribution in [0, 0.1) is 6.92 Å². The number of aryl methyl sites for hydroxylation is 1. The van der Waals surface area contributed by atoms with Crippen LogP contribution in [0.4, 0.5) is 0 Å². The third kappa shape index (κ3) is 2.04. The highest BCUT2D eigenvalue weighted by molar-refractivity contribution is 7.80. The first-order valence-electron chi connectivity index (χ1n) is 5.60. The molecule has 0 amide bonds. The summed E-state index contributed by atoms with van der Waals surface area (Å²) >= 11 is 5.02. The van der Waals surface area contributed by atoms with Gasteiger partial charge in [-0.2, -0.15) is 9.50 Å². The van der Waals surface area contributed by atoms with Gasteiger partial charge in [-0.1, -0.05) is 12.2 Å². The quantitative estimate of drug-likeness (QED) is 0.703. The van der Waals surface area contributed by atoms with E-state index >= 15 is 0 Å². The monoisotopic (exact) mass is 270 g/mol. The highest BCUT2D eigenvalue weighted by Crippen LogP contribution is 2.15. The molecule has 7 heteroatoms. The number of aromatic nitrogens is 5. The summed E-state index contributed by atoms with van der Waals surface area (Å²) in [5.41, 5.74) is 7.94. The van der Waals surface area contributed by atoms with E-state index in [0.717, 1.165) is 11.3 Å². The third-order valence-corrected chi connectivity index (χ3v) is 2.82. The van der Waals surface area contributed by atoms with Crippen LogP contribution in [-0.4, -0.2) is 29.6 Å². The number of thiocarbonyl (C=S) groups is 1. The maximum Gasteiger partial charge on any atom is 0.253 e. The molecule has 3 aromatic heterocycles. The summed E-state index contributed by atoms with van der Waals surface area (Å²) in [7, 11) is 0. The number of pyridine rings is 1. The second-order valence-corrected chi connectivity index (χ2v) is 4.48. The Balaban J connectivity index is 2.26. The van der Waals surface area contributed by atoms with Crippen molar-refractivity contribution in [1.82, 2.24) is 24.6 Å². The SMILES string of the molecule is Cc1cc(C(N)=S)n2nc(-c3cccnc3)nc2n1. The fourth-order valence-electron chi connectivity index (χ4n) is 1.78. The number of rotatable bonds is 2. The maximum atomic E-state index is 5.70. The van der Waals surface area contributed by atoms with Gasteiger partial charge in [0.2, 0.25) is 0 Å². The zero-order chi connectivity index (χ0) is 13.4. The minimum atomic E-state index is 0.262. The predicted octanol–water partition coefficient (Wildman–Crippen LogP) is 1.13. The molecule has 0 fully saturated rings. The smallest absolute Gasteiger partial charge is 0.253 e. The van der Waals surface area contributed by atoms with Crippen molar-refractivity contribution >= 4 is 23.0 Å². The van der Waals surface area contributed by atoms with Gasteiger partial charge in [0.25, 0.3) is 5.78 Å². The van der Waals surface area contributed by atoms with Gasteiger partial charge in [0, 0.05) is 23.7 Å². The molecule has 0 atom stereocenters. The van der Waals surface area contributed by atoms with Crippen molar-refractivity contribution in [3.63, 3.8) is 0 Å². The fraction of sp³-hybridized carbons (Fsp3) is 0.0833. The van der Waals surface area contributed by atoms with Crippen LogP contribution in [-0.2, 0) is 0 Å². The molecule has 6 nitrogen and oxygen atoms in total. The summed E-state index contributed by atoms with van der Waals surface area (Å²) in [6.45, 7) is 1.86. The largest absolute Gasteiger partial charge is 0.388 e. The standard InChI is InChI=1S/C12H10N6S/c1-7-5-9(10(13)19)18-12(15-7)16-11(17-18)8-3-2-4-14-6-8/h2-6H,1H3,(H2,13,19). The molecule has 3 heterocycles. The summed E-state index contributed by atoms with van der Waals surface area (Å²) in [6, 6.07) is 5.50. The molecule has 0 saturated carbocycles. The molecule has 0 unspecified atom stereocenters. The molecule has 0 bridgehead atoms. The zero-order valence-corrected chi connectivity index (χ0v) is 10.9. The van der Waals surface area contributed by atoms with Gasteiger partial charge in [-0.25, -0.2) is 4.98 Å². The first-order valence-corrected chi connectivity index (χ1v) is 6.00. The Bertz CT molecular complexity index is 764. The lowest BCUT2D eigenvalue weighted by Crippen LogP contribution is -2.16. The van der Waals surface area contributed by atoms with E-state index in [1.165, 1.54) is 0 Å². The van der Waals surface area contributed by atoms with Gasteiger partial charge in [-0.05, 0) is 25.1 Å². The van der Waals surface area contributed by atoms with Crippen LogP contribution in [0.1, 0.15) is 11.4 Å². The van der Waals surface area contributed by atoms with Crippen molar-refractivity contribution in [2.45, 2.75) is 6.92 Å². The number of fused-ring (bicyclic) bond motifs is 1. The molecule has 0 aliphatic carbocycles. The van der Waals surface area contributed by atoms with Gasteiger partial charge in [0.15, 0.2) is 5.82 Å². The van der Waals surface area contributed by atoms with Crippen LogP contribution < -0.4 is 5.73 Å². The predicted molar refractivity (Wildman–Crippen MR) is 74.6 cm³/mol. The van der Waals surface area contributed by atoms with Crippen molar-refractivity contribution in [2.75, 3.05) is 0 Å². The average Bonchev–Trinajstić information content (AvgIpc) is 2.82. The van der Waals surface area contributed by atoms with E-state index in [-0.39, 0.29) is 4.99 Å². The summed E-state index contributed by atoms with van der Waals surface area (Å²) in [6.07, 6.45) is 3.39. The van der Waals surface area contributed by atoms with Crippen molar-refractivity contribution in [1.29, 1.82) is 0 Å². The molecule has 94 valence electrons. The molecule has 3 rings (SSSR count). The van der Waals surface area contributed by atoms with Crippen LogP contribution in [0.3, 0.4) is 0 Å². The van der Waals surface area contributed by atoms with Gasteiger partial charge in [-0.15, -0.1) is 5.10 Å². The van der Waals surface area contributed by atoms with Gasteiger partial charge in [0.1, 0.15) is 10.7 Å². The van der Waals surface area contributed by atoms with E-state index in [9.17, 15) is 0 Å². The topological polar surface area (TPSA) is 82.0 Å². The Morgan fingerprint density at radius 2 is 2.21 bits per heavy atom. The van der Waals surface area contributed by atoms with Gasteiger partial charge in [0.05, 0.1) is 0 Å². The zero-order valence-electron chi connectivity index (χ0n) is 10.1. The van der Waals surface area contributed by atoms with Gasteiger partial charge >= 0.3 is 0 Å². The molecule has 0 aliphatic heterocycles. The highest BCUT2D eigenvalue weighted by atomic mass is 32.1. The van der Waals surface area contributed by atoms with E-state index in [4.69, 9.17) is 18.0 Å². The van der Waals surface area contributed by atoms with Gasteiger partial charge < -0.3 is 5.73 Å². The molecule has 2 N–H and O–H groups in total. The molecule has 0 aromatic carbocycles. The van der Waals surface area contributed by atoms with Crippen molar-refractivity contribution < 1.29 is 0 Å². The summed E-state index contributed by atoms with van der Waals surface area (Å²) in [5, 5.41) is 4.38. The molecular formula is C12H10N6S. The van der Waals surface area contributed by atoms with E-state index in [1.807, 2.05) is 19.1 Å². The minimum Gasteiger partial charge on any atom is -0.388 e. The third-order valence-electron chi connectivity index (χ3n) is 2.61. The summed E-state index contributed by atoms with van der Waals surface area (Å²) < 4.78 is 1.55. The normalized spacial score (nSPS) is 10.8. The number of nitrogens with two attached hydrogens (primary N) is 1. The van der Waals surface area contributed by atoms with Crippen molar-refractivity contribution in [3.8, 4) is 11.4 Å². The van der Waals surface area contributed by atoms with E-state index < -0.39 is 0 Å². The Morgan fingerprint density at radius 1 is 1.37 bits per heavy atom. The highest BCUT2D eigenvalue weighted by Gasteiger charge is 2.12. The van der Waals surface area contributed by atoms with E-state index in [0.29, 0.717) is 17.3 Å². The molecule has 0 saturated heterocycles. The fourth-order valence-corrected chi connectivity index (χ4v) is 1.93. The van der Waals surface area contributed by atoms with Crippen LogP contribution in [0.2, 0.25) is 0 Å². The van der Waals surface area contributed by atoms with Crippen LogP contribution in [0.5, 0.6) is 0 Å². The van der Waals surface area contributed by atoms with E-state index in [1.54, 1.807) is 23.0 Å². The molecule has 0 radical (unpaired) electrons. The second kappa shape index (κ2) is 4.36. The second-order valence-electron chi connectivity index (χ2n) is 4.04. The molecule has 0 spiro atoms. The average molecular weight is 270 g/mol. The summed E-state index contributed by atoms with van der Waals surface area (Å²) in [4.78, 5) is 13.0. The number of hydrogen-bond acceptors (Lipinski definition) is 5. The maximum absolute atomic E-state index is 5.70. The summed E-state index contributed by atoms with van der Waals surface area (Å²) in [5.74, 6) is 1.02. The lowest BCUT2D eigenvalue weighted by molar-refractivity contribution is 0.920. The first-order chi connectivity index (χ1) is 9.15. The van der Waals surface area contributed by atoms with Crippen molar-refractivity contribution in [3.05, 3.63) is 42.0 Å². The lowest BCUT2D eigenvalue weighted by atomic mass is 10.3. The van der Waals surface area contributed by atoms with Crippen LogP contribution in [0.15, 0.2) is 30.6 Å². The lowest BCUT2D eigenvalue weighted by Gasteiger charge is -2.01. The molecule has 0 aliphatic rings. The first kappa shape index (κ1) is 11.7. The Morgan fingerprint density at radius 3 is 2.89 bits per heavy atom. The number of nitrogens with zero attached hydrogens (tertiary/aromatic N) is 5. The van der Waals surface area contributed by atoms with E-state index in [2.05, 4.69) is 20.1 Å². The minimum absolute atomic E-state index is 0.262. The van der Waals surface area contributed by atoms with Crippen molar-refractivity contribution in [2.24, 2.45) is 5.73 Å². The van der Waals surface area contributed by atoms with Gasteiger partial charge in [-0.3, -0.25) is 4.98 Å². The Hall–Kier alpha value is -2.41. The molecular weight excluding hydrogens is 260 g/mol. The molecule has 3 aromatic rings. The molecule has 19 heavy (non-hydrogen) atoms.